The maximum Gasteiger partial charge on any atom is 0.0767 e. The van der Waals surface area contributed by atoms with E-state index in [1.807, 2.05) is 13.1 Å². The fraction of sp³-hybridized carbons (Fsp3) is 0.786. The van der Waals surface area contributed by atoms with Crippen LogP contribution in [-0.2, 0) is 4.74 Å². The lowest BCUT2D eigenvalue weighted by atomic mass is 10.1. The van der Waals surface area contributed by atoms with Crippen LogP contribution in [0.4, 0.5) is 0 Å². The molecule has 5 heteroatoms. The van der Waals surface area contributed by atoms with Crippen molar-refractivity contribution in [2.45, 2.75) is 59.2 Å². The Morgan fingerprint density at radius 2 is 2.05 bits per heavy atom. The average molecular weight is 332 g/mol. The van der Waals surface area contributed by atoms with E-state index in [0.29, 0.717) is 6.04 Å². The molecular weight excluding hydrogens is 306 g/mol. The van der Waals surface area contributed by atoms with E-state index in [0.717, 1.165) is 24.0 Å². The third kappa shape index (κ3) is 4.29. The SMILES string of the molecule is CCCNC(c1c(Br)cnn1C(C)C)C(C)OCC. The quantitative estimate of drug-likeness (QED) is 0.789. The van der Waals surface area contributed by atoms with E-state index in [4.69, 9.17) is 4.74 Å². The molecule has 1 aromatic rings. The normalized spacial score (nSPS) is 14.9. The van der Waals surface area contributed by atoms with Crippen molar-refractivity contribution < 1.29 is 4.74 Å². The van der Waals surface area contributed by atoms with Gasteiger partial charge < -0.3 is 10.1 Å². The lowest BCUT2D eigenvalue weighted by Gasteiger charge is -2.27. The Hall–Kier alpha value is -0.390. The number of ether oxygens (including phenoxy) is 1. The average Bonchev–Trinajstić information content (AvgIpc) is 2.73. The van der Waals surface area contributed by atoms with Crippen LogP contribution in [0.1, 0.15) is 58.8 Å². The van der Waals surface area contributed by atoms with E-state index in [1.165, 1.54) is 5.69 Å². The summed E-state index contributed by atoms with van der Waals surface area (Å²) in [6.45, 7) is 12.3. The van der Waals surface area contributed by atoms with E-state index in [-0.39, 0.29) is 12.1 Å². The van der Waals surface area contributed by atoms with Crippen molar-refractivity contribution in [3.05, 3.63) is 16.4 Å². The molecule has 4 nitrogen and oxygen atoms in total. The molecular formula is C14H26BrN3O. The molecule has 1 heterocycles. The van der Waals surface area contributed by atoms with Gasteiger partial charge in [0, 0.05) is 12.6 Å². The van der Waals surface area contributed by atoms with Crippen LogP contribution in [0.2, 0.25) is 0 Å². The molecule has 0 bridgehead atoms. The van der Waals surface area contributed by atoms with Crippen LogP contribution in [0.15, 0.2) is 10.7 Å². The van der Waals surface area contributed by atoms with Crippen molar-refractivity contribution in [1.82, 2.24) is 15.1 Å². The van der Waals surface area contributed by atoms with Crippen molar-refractivity contribution in [2.24, 2.45) is 0 Å². The lowest BCUT2D eigenvalue weighted by molar-refractivity contribution is 0.0443. The second-order valence-electron chi connectivity index (χ2n) is 5.01. The Kier molecular flexibility index (Phi) is 7.04. The zero-order valence-electron chi connectivity index (χ0n) is 12.6. The van der Waals surface area contributed by atoms with Crippen molar-refractivity contribution in [3.63, 3.8) is 0 Å². The molecule has 0 amide bonds. The van der Waals surface area contributed by atoms with Crippen LogP contribution in [0.5, 0.6) is 0 Å². The minimum atomic E-state index is 0.113. The number of hydrogen-bond donors (Lipinski definition) is 1. The van der Waals surface area contributed by atoms with Crippen molar-refractivity contribution >= 4 is 15.9 Å². The first-order valence-corrected chi connectivity index (χ1v) is 7.90. The molecule has 0 aromatic carbocycles. The van der Waals surface area contributed by atoms with Gasteiger partial charge in [0.15, 0.2) is 0 Å². The van der Waals surface area contributed by atoms with Gasteiger partial charge in [-0.2, -0.15) is 5.10 Å². The fourth-order valence-electron chi connectivity index (χ4n) is 2.20. The zero-order chi connectivity index (χ0) is 14.4. The van der Waals surface area contributed by atoms with Gasteiger partial charge in [0.05, 0.1) is 28.5 Å². The number of halogens is 1. The summed E-state index contributed by atoms with van der Waals surface area (Å²) in [6, 6.07) is 0.486. The summed E-state index contributed by atoms with van der Waals surface area (Å²) >= 11 is 3.62. The van der Waals surface area contributed by atoms with Gasteiger partial charge in [-0.25, -0.2) is 0 Å². The molecule has 2 atom stereocenters. The summed E-state index contributed by atoms with van der Waals surface area (Å²) in [5, 5.41) is 8.04. The van der Waals surface area contributed by atoms with E-state index in [2.05, 4.69) is 58.7 Å². The summed E-state index contributed by atoms with van der Waals surface area (Å²) < 4.78 is 8.90. The number of hydrogen-bond acceptors (Lipinski definition) is 3. The smallest absolute Gasteiger partial charge is 0.0767 e. The lowest BCUT2D eigenvalue weighted by Crippen LogP contribution is -2.35. The highest BCUT2D eigenvalue weighted by Crippen LogP contribution is 2.29. The van der Waals surface area contributed by atoms with Crippen LogP contribution in [0, 0.1) is 0 Å². The zero-order valence-corrected chi connectivity index (χ0v) is 14.2. The summed E-state index contributed by atoms with van der Waals surface area (Å²) in [5.41, 5.74) is 1.17. The minimum absolute atomic E-state index is 0.113. The van der Waals surface area contributed by atoms with Gasteiger partial charge in [0.2, 0.25) is 0 Å². The monoisotopic (exact) mass is 331 g/mol. The predicted molar refractivity (Wildman–Crippen MR) is 82.4 cm³/mol. The van der Waals surface area contributed by atoms with E-state index >= 15 is 0 Å². The molecule has 2 unspecified atom stereocenters. The second-order valence-corrected chi connectivity index (χ2v) is 5.86. The molecule has 0 aliphatic carbocycles. The summed E-state index contributed by atoms with van der Waals surface area (Å²) in [7, 11) is 0. The van der Waals surface area contributed by atoms with Crippen molar-refractivity contribution in [3.8, 4) is 0 Å². The molecule has 1 rings (SSSR count). The number of aromatic nitrogens is 2. The Labute approximate surface area is 125 Å². The Morgan fingerprint density at radius 3 is 2.58 bits per heavy atom. The highest BCUT2D eigenvalue weighted by Gasteiger charge is 2.26. The molecule has 0 spiro atoms. The highest BCUT2D eigenvalue weighted by molar-refractivity contribution is 9.10. The maximum absolute atomic E-state index is 5.79. The van der Waals surface area contributed by atoms with E-state index in [1.54, 1.807) is 0 Å². The Bertz CT molecular complexity index is 379. The molecule has 0 fully saturated rings. The molecule has 0 saturated heterocycles. The molecule has 19 heavy (non-hydrogen) atoms. The molecule has 110 valence electrons. The Balaban J connectivity index is 3.05. The summed E-state index contributed by atoms with van der Waals surface area (Å²) in [5.74, 6) is 0. The Morgan fingerprint density at radius 1 is 1.37 bits per heavy atom. The fourth-order valence-corrected chi connectivity index (χ4v) is 2.72. The van der Waals surface area contributed by atoms with Crippen molar-refractivity contribution in [1.29, 1.82) is 0 Å². The largest absolute Gasteiger partial charge is 0.377 e. The number of rotatable bonds is 8. The first-order chi connectivity index (χ1) is 9.02. The predicted octanol–water partition coefficient (Wildman–Crippen LogP) is 3.69. The third-order valence-corrected chi connectivity index (χ3v) is 3.69. The van der Waals surface area contributed by atoms with E-state index in [9.17, 15) is 0 Å². The number of nitrogens with zero attached hydrogens (tertiary/aromatic N) is 2. The third-order valence-electron chi connectivity index (χ3n) is 3.08. The van der Waals surface area contributed by atoms with Gasteiger partial charge in [0.25, 0.3) is 0 Å². The molecule has 0 aliphatic rings. The highest BCUT2D eigenvalue weighted by atomic mass is 79.9. The molecule has 1 aromatic heterocycles. The van der Waals surface area contributed by atoms with Gasteiger partial charge in [-0.3, -0.25) is 4.68 Å². The second kappa shape index (κ2) is 8.02. The van der Waals surface area contributed by atoms with Gasteiger partial charge in [-0.1, -0.05) is 6.92 Å². The van der Waals surface area contributed by atoms with Crippen molar-refractivity contribution in [2.75, 3.05) is 13.2 Å². The summed E-state index contributed by atoms with van der Waals surface area (Å²) in [6.07, 6.45) is 3.08. The van der Waals surface area contributed by atoms with Crippen LogP contribution in [-0.4, -0.2) is 29.0 Å². The van der Waals surface area contributed by atoms with E-state index < -0.39 is 0 Å². The topological polar surface area (TPSA) is 39.1 Å². The van der Waals surface area contributed by atoms with Gasteiger partial charge in [-0.05, 0) is 56.6 Å². The van der Waals surface area contributed by atoms with Gasteiger partial charge in [-0.15, -0.1) is 0 Å². The van der Waals surface area contributed by atoms with Crippen LogP contribution < -0.4 is 5.32 Å². The van der Waals surface area contributed by atoms with Crippen LogP contribution in [0.25, 0.3) is 0 Å². The van der Waals surface area contributed by atoms with Crippen LogP contribution in [0.3, 0.4) is 0 Å². The first-order valence-electron chi connectivity index (χ1n) is 7.10. The standard InChI is InChI=1S/C14H26BrN3O/c1-6-8-16-13(11(5)19-7-2)14-12(15)9-17-18(14)10(3)4/h9-11,13,16H,6-8H2,1-5H3. The number of nitrogens with one attached hydrogen (secondary N) is 1. The summed E-state index contributed by atoms with van der Waals surface area (Å²) in [4.78, 5) is 0. The molecule has 0 aliphatic heterocycles. The minimum Gasteiger partial charge on any atom is -0.377 e. The maximum atomic E-state index is 5.79. The first kappa shape index (κ1) is 16.7. The molecule has 0 saturated carbocycles. The molecule has 0 radical (unpaired) electrons. The van der Waals surface area contributed by atoms with Crippen LogP contribution >= 0.6 is 15.9 Å². The van der Waals surface area contributed by atoms with Gasteiger partial charge in [0.1, 0.15) is 0 Å². The molecule has 1 N–H and O–H groups in total. The van der Waals surface area contributed by atoms with Gasteiger partial charge >= 0.3 is 0 Å².